The van der Waals surface area contributed by atoms with E-state index in [2.05, 4.69) is 47.2 Å². The van der Waals surface area contributed by atoms with E-state index in [9.17, 15) is 63.3 Å². The molecule has 0 bridgehead atoms. The van der Waals surface area contributed by atoms with Gasteiger partial charge >= 0.3 is 5.97 Å². The van der Waals surface area contributed by atoms with Crippen LogP contribution in [-0.2, 0) is 54.4 Å². The summed E-state index contributed by atoms with van der Waals surface area (Å²) in [5.41, 5.74) is 5.89. The highest BCUT2D eigenvalue weighted by molar-refractivity contribution is 5.98. The molecule has 0 spiro atoms. The van der Waals surface area contributed by atoms with Gasteiger partial charge in [0.15, 0.2) is 0 Å². The molecule has 1 aromatic rings. The predicted octanol–water partition coefficient (Wildman–Crippen LogP) is -6.96. The number of aromatic amines is 1. The van der Waals surface area contributed by atoms with Crippen molar-refractivity contribution >= 4 is 59.1 Å². The van der Waals surface area contributed by atoms with Gasteiger partial charge in [-0.2, -0.15) is 0 Å². The number of carbonyl (C=O) groups excluding carboxylic acids is 9. The molecular formula is C38H60N12O14. The molecule has 26 nitrogen and oxygen atoms in total. The maximum Gasteiger partial charge on any atom is 0.325 e. The molecule has 356 valence electrons. The first-order valence-electron chi connectivity index (χ1n) is 20.7. The van der Waals surface area contributed by atoms with Gasteiger partial charge in [-0.25, -0.2) is 4.98 Å². The van der Waals surface area contributed by atoms with Crippen molar-refractivity contribution in [3.05, 3.63) is 18.2 Å². The van der Waals surface area contributed by atoms with Crippen LogP contribution in [0.1, 0.15) is 59.1 Å². The average Bonchev–Trinajstić information content (AvgIpc) is 4.07. The summed E-state index contributed by atoms with van der Waals surface area (Å²) in [7, 11) is 0. The molecule has 3 rings (SSSR count). The maximum atomic E-state index is 14.0. The molecule has 0 saturated carbocycles. The number of aromatic nitrogens is 2. The summed E-state index contributed by atoms with van der Waals surface area (Å²) in [5.74, 6) is -9.16. The molecular weight excluding hydrogens is 848 g/mol. The lowest BCUT2D eigenvalue weighted by Gasteiger charge is -2.31. The zero-order valence-electron chi connectivity index (χ0n) is 36.0. The molecule has 0 unspecified atom stereocenters. The van der Waals surface area contributed by atoms with E-state index in [0.717, 1.165) is 4.90 Å². The zero-order chi connectivity index (χ0) is 47.8. The van der Waals surface area contributed by atoms with Crippen molar-refractivity contribution in [2.24, 2.45) is 11.7 Å². The Labute approximate surface area is 367 Å². The molecule has 0 radical (unpaired) electrons. The van der Waals surface area contributed by atoms with Crippen LogP contribution in [0.3, 0.4) is 0 Å². The molecule has 2 saturated heterocycles. The number of imidazole rings is 1. The number of carboxylic acids is 1. The number of nitrogens with one attached hydrogen (secondary N) is 8. The molecule has 1 aromatic heterocycles. The van der Waals surface area contributed by atoms with Crippen LogP contribution >= 0.6 is 0 Å². The number of amides is 9. The second-order valence-electron chi connectivity index (χ2n) is 15.8. The van der Waals surface area contributed by atoms with Crippen LogP contribution in [0.4, 0.5) is 0 Å². The minimum atomic E-state index is -1.57. The molecule has 64 heavy (non-hydrogen) atoms. The van der Waals surface area contributed by atoms with Crippen molar-refractivity contribution in [1.29, 1.82) is 0 Å². The number of likely N-dealkylation sites (tertiary alicyclic amines) is 2. The fraction of sp³-hybridized carbons (Fsp3) is 0.658. The summed E-state index contributed by atoms with van der Waals surface area (Å²) < 4.78 is 0. The van der Waals surface area contributed by atoms with E-state index >= 15 is 0 Å². The zero-order valence-corrected chi connectivity index (χ0v) is 36.0. The lowest BCUT2D eigenvalue weighted by molar-refractivity contribution is -0.145. The SMILES string of the molecule is CC(C)[C@H](NC(=O)[C@@H](N)CO)C(=O)N[C@@H](CO)C(=O)N[C@@H](C)C(=O)NCC(=O)N[C@@H](CO)C(=O)N1CCC[C@H]1C(=O)N[C@@H](Cc1c[nH]cn1)C(=O)N1CCC[C@H]1C(=O)N[C@@H](C)C(=O)O. The smallest absolute Gasteiger partial charge is 0.325 e. The van der Waals surface area contributed by atoms with Crippen LogP contribution in [0.25, 0.3) is 0 Å². The summed E-state index contributed by atoms with van der Waals surface area (Å²) >= 11 is 0. The van der Waals surface area contributed by atoms with Crippen LogP contribution in [-0.4, -0.2) is 193 Å². The fourth-order valence-electron chi connectivity index (χ4n) is 6.92. The van der Waals surface area contributed by atoms with Crippen molar-refractivity contribution in [2.45, 2.75) is 114 Å². The highest BCUT2D eigenvalue weighted by Crippen LogP contribution is 2.22. The molecule has 2 aliphatic rings. The van der Waals surface area contributed by atoms with Crippen molar-refractivity contribution < 1.29 is 68.4 Å². The fourth-order valence-corrected chi connectivity index (χ4v) is 6.92. The number of nitrogens with zero attached hydrogens (tertiary/aromatic N) is 3. The van der Waals surface area contributed by atoms with E-state index < -0.39 is 146 Å². The Bertz CT molecular complexity index is 1850. The van der Waals surface area contributed by atoms with Crippen molar-refractivity contribution in [2.75, 3.05) is 39.5 Å². The number of aliphatic hydroxyl groups excluding tert-OH is 3. The van der Waals surface area contributed by atoms with Gasteiger partial charge in [-0.15, -0.1) is 0 Å². The number of carboxylic acid groups (broad SMARTS) is 1. The average molecular weight is 909 g/mol. The lowest BCUT2D eigenvalue weighted by Crippen LogP contribution is -2.60. The predicted molar refractivity (Wildman–Crippen MR) is 219 cm³/mol. The van der Waals surface area contributed by atoms with Crippen molar-refractivity contribution in [1.82, 2.24) is 57.0 Å². The molecule has 0 aromatic carbocycles. The standard InChI is InChI=1S/C38H60N12O14/c1-18(2)29(48-31(56)22(39)14-51)35(60)47-24(15-52)32(57)43-19(3)30(55)41-13-28(54)45-25(16-53)37(62)50-10-6-8-27(50)34(59)46-23(11-21-12-40-17-42-21)36(61)49-9-5-7-26(49)33(58)44-20(4)38(63)64/h12,17-20,22-27,29,51-53H,5-11,13-16,39H2,1-4H3,(H,40,42)(H,41,55)(H,43,57)(H,44,58)(H,45,54)(H,46,59)(H,47,60)(H,48,56)(H,63,64)/t19-,20-,22-,23-,24-,25-,26-,27-,29-/m0/s1. The quantitative estimate of drug-likeness (QED) is 0.0485. The van der Waals surface area contributed by atoms with E-state index in [4.69, 9.17) is 10.8 Å². The van der Waals surface area contributed by atoms with Gasteiger partial charge in [0, 0.05) is 25.7 Å². The largest absolute Gasteiger partial charge is 0.480 e. The number of aliphatic hydroxyl groups is 3. The summed E-state index contributed by atoms with van der Waals surface area (Å²) in [5, 5.41) is 54.8. The Balaban J connectivity index is 1.59. The van der Waals surface area contributed by atoms with Crippen LogP contribution in [0.2, 0.25) is 0 Å². The molecule has 9 atom stereocenters. The summed E-state index contributed by atoms with van der Waals surface area (Å²) in [6.45, 7) is 2.67. The van der Waals surface area contributed by atoms with E-state index in [1.807, 2.05) is 0 Å². The molecule has 2 fully saturated rings. The molecule has 3 heterocycles. The number of nitrogens with two attached hydrogens (primary N) is 1. The third kappa shape index (κ3) is 14.4. The first-order chi connectivity index (χ1) is 30.2. The van der Waals surface area contributed by atoms with Crippen LogP contribution in [0.15, 0.2) is 12.5 Å². The Hall–Kier alpha value is -6.25. The highest BCUT2D eigenvalue weighted by atomic mass is 16.4. The normalized spacial score (nSPS) is 19.2. The summed E-state index contributed by atoms with van der Waals surface area (Å²) in [4.78, 5) is 139. The van der Waals surface area contributed by atoms with Crippen molar-refractivity contribution in [3.63, 3.8) is 0 Å². The highest BCUT2D eigenvalue weighted by Gasteiger charge is 2.42. The second kappa shape index (κ2) is 24.6. The molecule has 26 heteroatoms. The number of rotatable bonds is 23. The van der Waals surface area contributed by atoms with Crippen LogP contribution < -0.4 is 43.0 Å². The third-order valence-electron chi connectivity index (χ3n) is 10.6. The van der Waals surface area contributed by atoms with Gasteiger partial charge in [0.05, 0.1) is 38.4 Å². The van der Waals surface area contributed by atoms with Gasteiger partial charge < -0.3 is 78.2 Å². The van der Waals surface area contributed by atoms with Crippen LogP contribution in [0, 0.1) is 5.92 Å². The molecule has 2 aliphatic heterocycles. The minimum absolute atomic E-state index is 0.0469. The van der Waals surface area contributed by atoms with E-state index in [1.54, 1.807) is 13.8 Å². The Morgan fingerprint density at radius 1 is 0.703 bits per heavy atom. The number of hydrogen-bond acceptors (Lipinski definition) is 15. The maximum absolute atomic E-state index is 14.0. The number of carbonyl (C=O) groups is 10. The number of H-pyrrole nitrogens is 1. The first-order valence-corrected chi connectivity index (χ1v) is 20.7. The van der Waals surface area contributed by atoms with Gasteiger partial charge in [0.2, 0.25) is 53.2 Å². The van der Waals surface area contributed by atoms with Gasteiger partial charge in [-0.3, -0.25) is 47.9 Å². The van der Waals surface area contributed by atoms with Gasteiger partial charge in [0.25, 0.3) is 0 Å². The Kier molecular flexibility index (Phi) is 20.0. The van der Waals surface area contributed by atoms with Crippen molar-refractivity contribution in [3.8, 4) is 0 Å². The summed E-state index contributed by atoms with van der Waals surface area (Å²) in [6.07, 6.45) is 3.97. The van der Waals surface area contributed by atoms with E-state index in [1.165, 1.54) is 31.3 Å². The monoisotopic (exact) mass is 908 g/mol. The van der Waals surface area contributed by atoms with E-state index in [-0.39, 0.29) is 32.4 Å². The minimum Gasteiger partial charge on any atom is -0.480 e. The topological polar surface area (TPSA) is 397 Å². The Morgan fingerprint density at radius 2 is 1.28 bits per heavy atom. The first kappa shape index (κ1) is 52.1. The lowest BCUT2D eigenvalue weighted by atomic mass is 10.0. The molecule has 14 N–H and O–H groups in total. The Morgan fingerprint density at radius 3 is 1.80 bits per heavy atom. The third-order valence-corrected chi connectivity index (χ3v) is 10.6. The number of hydrogen-bond donors (Lipinski definition) is 13. The number of aliphatic carboxylic acids is 1. The van der Waals surface area contributed by atoms with Gasteiger partial charge in [-0.05, 0) is 45.4 Å². The summed E-state index contributed by atoms with van der Waals surface area (Å²) in [6, 6.07) is -11.6. The van der Waals surface area contributed by atoms with Gasteiger partial charge in [0.1, 0.15) is 54.4 Å². The molecule has 0 aliphatic carbocycles. The van der Waals surface area contributed by atoms with E-state index in [0.29, 0.717) is 18.5 Å². The van der Waals surface area contributed by atoms with Gasteiger partial charge in [-0.1, -0.05) is 13.8 Å². The van der Waals surface area contributed by atoms with Crippen LogP contribution in [0.5, 0.6) is 0 Å². The molecule has 9 amide bonds. The second-order valence-corrected chi connectivity index (χ2v) is 15.8.